The van der Waals surface area contributed by atoms with Crippen LogP contribution in [0.4, 0.5) is 13.2 Å². The van der Waals surface area contributed by atoms with Crippen molar-refractivity contribution in [1.29, 1.82) is 0 Å². The standard InChI is InChI=1S/C16H25F3N4O/c1-13-11-22(9-10-24-13)8-7-21-5-2-3-14(12-21)23-6-4-15(20-23)16(17,18)19/h4,6,13-14H,2-3,5,7-12H2,1H3/t13-,14-/m0/s1. The molecule has 2 fully saturated rings. The van der Waals surface area contributed by atoms with Crippen LogP contribution in [0.15, 0.2) is 12.3 Å². The number of ether oxygens (including phenoxy) is 1. The highest BCUT2D eigenvalue weighted by Gasteiger charge is 2.34. The zero-order valence-corrected chi connectivity index (χ0v) is 14.0. The van der Waals surface area contributed by atoms with E-state index in [2.05, 4.69) is 21.8 Å². The predicted molar refractivity (Wildman–Crippen MR) is 83.8 cm³/mol. The van der Waals surface area contributed by atoms with Crippen LogP contribution in [0.2, 0.25) is 0 Å². The van der Waals surface area contributed by atoms with Crippen LogP contribution < -0.4 is 0 Å². The molecule has 1 aromatic heterocycles. The van der Waals surface area contributed by atoms with Gasteiger partial charge in [0, 0.05) is 38.9 Å². The summed E-state index contributed by atoms with van der Waals surface area (Å²) in [4.78, 5) is 4.73. The number of morpholine rings is 1. The summed E-state index contributed by atoms with van der Waals surface area (Å²) in [5.74, 6) is 0. The molecule has 0 saturated carbocycles. The molecule has 1 aromatic rings. The number of halogens is 3. The number of nitrogens with zero attached hydrogens (tertiary/aromatic N) is 4. The second-order valence-corrected chi connectivity index (χ2v) is 6.76. The normalized spacial score (nSPS) is 27.5. The van der Waals surface area contributed by atoms with Crippen molar-refractivity contribution >= 4 is 0 Å². The third kappa shape index (κ3) is 4.49. The number of piperidine rings is 1. The van der Waals surface area contributed by atoms with Gasteiger partial charge in [-0.05, 0) is 32.4 Å². The smallest absolute Gasteiger partial charge is 0.376 e. The maximum absolute atomic E-state index is 12.7. The summed E-state index contributed by atoms with van der Waals surface area (Å²) < 4.78 is 45.1. The monoisotopic (exact) mass is 346 g/mol. The molecule has 2 aliphatic heterocycles. The van der Waals surface area contributed by atoms with E-state index in [1.165, 1.54) is 10.9 Å². The molecule has 0 N–H and O–H groups in total. The maximum atomic E-state index is 12.7. The largest absolute Gasteiger partial charge is 0.435 e. The fraction of sp³-hybridized carbons (Fsp3) is 0.812. The third-order valence-corrected chi connectivity index (χ3v) is 4.81. The van der Waals surface area contributed by atoms with Gasteiger partial charge in [-0.1, -0.05) is 0 Å². The molecule has 0 spiro atoms. The van der Waals surface area contributed by atoms with Crippen molar-refractivity contribution < 1.29 is 17.9 Å². The molecule has 2 aliphatic rings. The zero-order valence-electron chi connectivity index (χ0n) is 14.0. The summed E-state index contributed by atoms with van der Waals surface area (Å²) in [6.45, 7) is 8.45. The van der Waals surface area contributed by atoms with Gasteiger partial charge >= 0.3 is 6.18 Å². The first-order valence-corrected chi connectivity index (χ1v) is 8.60. The fourth-order valence-electron chi connectivity index (χ4n) is 3.52. The first-order valence-electron chi connectivity index (χ1n) is 8.60. The van der Waals surface area contributed by atoms with Gasteiger partial charge in [-0.3, -0.25) is 14.5 Å². The minimum absolute atomic E-state index is 0.0264. The Kier molecular flexibility index (Phi) is 5.46. The molecule has 2 atom stereocenters. The molecule has 3 rings (SSSR count). The Balaban J connectivity index is 1.51. The minimum atomic E-state index is -4.37. The van der Waals surface area contributed by atoms with Gasteiger partial charge in [0.1, 0.15) is 0 Å². The van der Waals surface area contributed by atoms with Crippen LogP contribution >= 0.6 is 0 Å². The van der Waals surface area contributed by atoms with Crippen LogP contribution in [0.25, 0.3) is 0 Å². The summed E-state index contributed by atoms with van der Waals surface area (Å²) in [6, 6.07) is 1.09. The number of hydrogen-bond donors (Lipinski definition) is 0. The molecule has 8 heteroatoms. The average molecular weight is 346 g/mol. The van der Waals surface area contributed by atoms with Crippen molar-refractivity contribution in [1.82, 2.24) is 19.6 Å². The highest BCUT2D eigenvalue weighted by atomic mass is 19.4. The highest BCUT2D eigenvalue weighted by molar-refractivity contribution is 5.04. The molecular weight excluding hydrogens is 321 g/mol. The summed E-state index contributed by atoms with van der Waals surface area (Å²) in [6.07, 6.45) is -0.763. The maximum Gasteiger partial charge on any atom is 0.435 e. The van der Waals surface area contributed by atoms with Crippen molar-refractivity contribution in [2.45, 2.75) is 38.1 Å². The topological polar surface area (TPSA) is 33.5 Å². The van der Waals surface area contributed by atoms with Gasteiger partial charge in [0.05, 0.1) is 18.8 Å². The molecule has 0 unspecified atom stereocenters. The summed E-state index contributed by atoms with van der Waals surface area (Å²) >= 11 is 0. The molecule has 3 heterocycles. The molecule has 5 nitrogen and oxygen atoms in total. The van der Waals surface area contributed by atoms with E-state index in [-0.39, 0.29) is 12.1 Å². The molecule has 0 amide bonds. The van der Waals surface area contributed by atoms with E-state index in [0.717, 1.165) is 64.8 Å². The summed E-state index contributed by atoms with van der Waals surface area (Å²) in [5, 5.41) is 3.74. The Morgan fingerprint density at radius 2 is 1.96 bits per heavy atom. The molecule has 24 heavy (non-hydrogen) atoms. The lowest BCUT2D eigenvalue weighted by Crippen LogP contribution is -2.46. The number of likely N-dealkylation sites (tertiary alicyclic amines) is 1. The predicted octanol–water partition coefficient (Wildman–Crippen LogP) is 2.26. The van der Waals surface area contributed by atoms with E-state index >= 15 is 0 Å². The van der Waals surface area contributed by atoms with E-state index in [4.69, 9.17) is 4.74 Å². The van der Waals surface area contributed by atoms with E-state index in [9.17, 15) is 13.2 Å². The Hall–Kier alpha value is -1.12. The fourth-order valence-corrected chi connectivity index (χ4v) is 3.52. The van der Waals surface area contributed by atoms with Gasteiger partial charge in [-0.2, -0.15) is 18.3 Å². The van der Waals surface area contributed by atoms with Crippen LogP contribution in [0.5, 0.6) is 0 Å². The second kappa shape index (κ2) is 7.41. The lowest BCUT2D eigenvalue weighted by Gasteiger charge is -2.36. The van der Waals surface area contributed by atoms with Gasteiger partial charge in [-0.15, -0.1) is 0 Å². The lowest BCUT2D eigenvalue weighted by atomic mass is 10.1. The number of hydrogen-bond acceptors (Lipinski definition) is 4. The Morgan fingerprint density at radius 3 is 2.62 bits per heavy atom. The van der Waals surface area contributed by atoms with Crippen LogP contribution in [0, 0.1) is 0 Å². The van der Waals surface area contributed by atoms with E-state index < -0.39 is 11.9 Å². The quantitative estimate of drug-likeness (QED) is 0.837. The zero-order chi connectivity index (χ0) is 17.2. The molecule has 0 radical (unpaired) electrons. The molecule has 0 aliphatic carbocycles. The Morgan fingerprint density at radius 1 is 1.21 bits per heavy atom. The number of rotatable bonds is 4. The first-order chi connectivity index (χ1) is 11.4. The van der Waals surface area contributed by atoms with Crippen molar-refractivity contribution in [3.63, 3.8) is 0 Å². The van der Waals surface area contributed by atoms with Gasteiger partial charge < -0.3 is 4.74 Å². The number of aromatic nitrogens is 2. The molecule has 2 saturated heterocycles. The van der Waals surface area contributed by atoms with Crippen molar-refractivity contribution in [2.24, 2.45) is 0 Å². The van der Waals surface area contributed by atoms with Crippen LogP contribution in [0.3, 0.4) is 0 Å². The van der Waals surface area contributed by atoms with Gasteiger partial charge in [0.15, 0.2) is 5.69 Å². The second-order valence-electron chi connectivity index (χ2n) is 6.76. The Labute approximate surface area is 140 Å². The van der Waals surface area contributed by atoms with Crippen LogP contribution in [-0.2, 0) is 10.9 Å². The van der Waals surface area contributed by atoms with Crippen molar-refractivity contribution in [2.75, 3.05) is 45.9 Å². The highest BCUT2D eigenvalue weighted by Crippen LogP contribution is 2.29. The molecule has 0 aromatic carbocycles. The van der Waals surface area contributed by atoms with Crippen LogP contribution in [-0.4, -0.2) is 71.6 Å². The van der Waals surface area contributed by atoms with E-state index in [1.807, 2.05) is 0 Å². The van der Waals surface area contributed by atoms with Crippen molar-refractivity contribution in [3.05, 3.63) is 18.0 Å². The SMILES string of the molecule is C[C@H]1CN(CCN2CCC[C@H](n3ccc(C(F)(F)F)n3)C2)CCO1. The molecule has 136 valence electrons. The summed E-state index contributed by atoms with van der Waals surface area (Å²) in [5.41, 5.74) is -0.804. The first kappa shape index (κ1) is 17.7. The van der Waals surface area contributed by atoms with E-state index in [1.54, 1.807) is 0 Å². The molecular formula is C16H25F3N4O. The van der Waals surface area contributed by atoms with Crippen LogP contribution in [0.1, 0.15) is 31.5 Å². The Bertz CT molecular complexity index is 534. The lowest BCUT2D eigenvalue weighted by molar-refractivity contribution is -0.141. The average Bonchev–Trinajstić information content (AvgIpc) is 3.04. The van der Waals surface area contributed by atoms with Crippen molar-refractivity contribution in [3.8, 4) is 0 Å². The van der Waals surface area contributed by atoms with Gasteiger partial charge in [0.25, 0.3) is 0 Å². The summed E-state index contributed by atoms with van der Waals surface area (Å²) in [7, 11) is 0. The third-order valence-electron chi connectivity index (χ3n) is 4.81. The van der Waals surface area contributed by atoms with E-state index in [0.29, 0.717) is 0 Å². The molecule has 0 bridgehead atoms. The minimum Gasteiger partial charge on any atom is -0.376 e. The number of alkyl halides is 3. The van der Waals surface area contributed by atoms with Gasteiger partial charge in [0.2, 0.25) is 0 Å². The van der Waals surface area contributed by atoms with Gasteiger partial charge in [-0.25, -0.2) is 0 Å².